The number of benzene rings is 1. The number of carbonyl (C=O) groups is 1. The van der Waals surface area contributed by atoms with Crippen LogP contribution in [0.15, 0.2) is 30.5 Å². The average Bonchev–Trinajstić information content (AvgIpc) is 2.90. The number of aromatic nitrogens is 1. The summed E-state index contributed by atoms with van der Waals surface area (Å²) in [7, 11) is 0. The lowest BCUT2D eigenvalue weighted by molar-refractivity contribution is -0.121. The summed E-state index contributed by atoms with van der Waals surface area (Å²) < 4.78 is 0. The first kappa shape index (κ1) is 15.1. The zero-order valence-electron chi connectivity index (χ0n) is 12.4. The Balaban J connectivity index is 1.81. The number of hydrogen-bond donors (Lipinski definition) is 2. The molecule has 1 amide bonds. The van der Waals surface area contributed by atoms with E-state index in [4.69, 9.17) is 5.26 Å². The zero-order chi connectivity index (χ0) is 15.1. The Morgan fingerprint density at radius 1 is 1.43 bits per heavy atom. The van der Waals surface area contributed by atoms with Crippen molar-refractivity contribution in [3.8, 4) is 6.07 Å². The van der Waals surface area contributed by atoms with Crippen molar-refractivity contribution in [2.45, 2.75) is 45.1 Å². The molecule has 110 valence electrons. The van der Waals surface area contributed by atoms with E-state index in [9.17, 15) is 4.79 Å². The van der Waals surface area contributed by atoms with E-state index in [2.05, 4.69) is 28.5 Å². The van der Waals surface area contributed by atoms with Gasteiger partial charge in [0.05, 0.1) is 12.5 Å². The molecule has 2 aromatic rings. The maximum absolute atomic E-state index is 11.9. The van der Waals surface area contributed by atoms with Crippen LogP contribution in [0, 0.1) is 11.3 Å². The summed E-state index contributed by atoms with van der Waals surface area (Å²) in [5.41, 5.74) is 2.39. The van der Waals surface area contributed by atoms with Crippen LogP contribution < -0.4 is 5.32 Å². The number of nitrogens with zero attached hydrogens (tertiary/aromatic N) is 1. The van der Waals surface area contributed by atoms with Crippen molar-refractivity contribution in [2.75, 3.05) is 0 Å². The van der Waals surface area contributed by atoms with Crippen molar-refractivity contribution >= 4 is 16.8 Å². The Kier molecular flexibility index (Phi) is 5.39. The molecule has 1 heterocycles. The van der Waals surface area contributed by atoms with Crippen LogP contribution in [-0.4, -0.2) is 16.9 Å². The smallest absolute Gasteiger partial charge is 0.220 e. The number of H-pyrrole nitrogens is 1. The monoisotopic (exact) mass is 283 g/mol. The van der Waals surface area contributed by atoms with Crippen molar-refractivity contribution in [3.05, 3.63) is 36.0 Å². The van der Waals surface area contributed by atoms with E-state index in [1.54, 1.807) is 0 Å². The minimum Gasteiger partial charge on any atom is -0.361 e. The highest BCUT2D eigenvalue weighted by molar-refractivity contribution is 5.83. The topological polar surface area (TPSA) is 68.7 Å². The molecule has 0 saturated heterocycles. The molecule has 2 rings (SSSR count). The van der Waals surface area contributed by atoms with Gasteiger partial charge in [0.15, 0.2) is 0 Å². The van der Waals surface area contributed by atoms with E-state index < -0.39 is 0 Å². The fourth-order valence-corrected chi connectivity index (χ4v) is 2.49. The minimum atomic E-state index is -0.0180. The first-order valence-electron chi connectivity index (χ1n) is 7.46. The molecule has 4 nitrogen and oxygen atoms in total. The van der Waals surface area contributed by atoms with E-state index >= 15 is 0 Å². The highest BCUT2D eigenvalue weighted by Crippen LogP contribution is 2.19. The molecule has 0 aliphatic heterocycles. The number of hydrogen-bond acceptors (Lipinski definition) is 2. The SMILES string of the molecule is CCC(CC#N)NC(=O)CCCc1c[nH]c2ccccc12. The van der Waals surface area contributed by atoms with Crippen LogP contribution in [-0.2, 0) is 11.2 Å². The lowest BCUT2D eigenvalue weighted by Gasteiger charge is -2.13. The van der Waals surface area contributed by atoms with Gasteiger partial charge in [-0.2, -0.15) is 5.26 Å². The summed E-state index contributed by atoms with van der Waals surface area (Å²) in [4.78, 5) is 15.1. The summed E-state index contributed by atoms with van der Waals surface area (Å²) in [5, 5.41) is 12.8. The Hall–Kier alpha value is -2.28. The van der Waals surface area contributed by atoms with Crippen LogP contribution >= 0.6 is 0 Å². The standard InChI is InChI=1S/C17H21N3O/c1-2-14(10-11-18)20-17(21)9-5-6-13-12-19-16-8-4-3-7-15(13)16/h3-4,7-8,12,14,19H,2,5-6,9-10H2,1H3,(H,20,21). The average molecular weight is 283 g/mol. The highest BCUT2D eigenvalue weighted by atomic mass is 16.1. The Morgan fingerprint density at radius 2 is 2.24 bits per heavy atom. The third-order valence-corrected chi connectivity index (χ3v) is 3.72. The quantitative estimate of drug-likeness (QED) is 0.818. The van der Waals surface area contributed by atoms with Crippen molar-refractivity contribution in [3.63, 3.8) is 0 Å². The molecule has 4 heteroatoms. The molecule has 0 fully saturated rings. The molecule has 1 aromatic heterocycles. The third kappa shape index (κ3) is 4.09. The predicted octanol–water partition coefficient (Wildman–Crippen LogP) is 3.30. The summed E-state index contributed by atoms with van der Waals surface area (Å²) in [6.07, 6.45) is 5.39. The number of aromatic amines is 1. The van der Waals surface area contributed by atoms with Crippen LogP contribution in [0.2, 0.25) is 0 Å². The molecule has 0 spiro atoms. The summed E-state index contributed by atoms with van der Waals surface area (Å²) in [6.45, 7) is 1.98. The van der Waals surface area contributed by atoms with E-state index in [-0.39, 0.29) is 11.9 Å². The van der Waals surface area contributed by atoms with E-state index in [0.717, 1.165) is 24.8 Å². The molecular weight excluding hydrogens is 262 g/mol. The Labute approximate surface area is 125 Å². The molecular formula is C17H21N3O. The molecule has 0 saturated carbocycles. The molecule has 21 heavy (non-hydrogen) atoms. The van der Waals surface area contributed by atoms with Gasteiger partial charge in [0.2, 0.25) is 5.91 Å². The number of nitriles is 1. The number of amides is 1. The van der Waals surface area contributed by atoms with E-state index in [0.29, 0.717) is 12.8 Å². The van der Waals surface area contributed by atoms with Gasteiger partial charge in [-0.05, 0) is 30.9 Å². The molecule has 0 bridgehead atoms. The predicted molar refractivity (Wildman–Crippen MR) is 83.7 cm³/mol. The number of fused-ring (bicyclic) bond motifs is 1. The van der Waals surface area contributed by atoms with Gasteiger partial charge in [-0.15, -0.1) is 0 Å². The molecule has 2 N–H and O–H groups in total. The normalized spacial score (nSPS) is 12.0. The second-order valence-corrected chi connectivity index (χ2v) is 5.25. The molecule has 0 radical (unpaired) electrons. The maximum atomic E-state index is 11.9. The Bertz CT molecular complexity index is 639. The van der Waals surface area contributed by atoms with Crippen LogP contribution in [0.1, 0.15) is 38.2 Å². The van der Waals surface area contributed by atoms with E-state index in [1.165, 1.54) is 10.9 Å². The number of para-hydroxylation sites is 1. The lowest BCUT2D eigenvalue weighted by Crippen LogP contribution is -2.33. The lowest BCUT2D eigenvalue weighted by atomic mass is 10.1. The van der Waals surface area contributed by atoms with Crippen molar-refractivity contribution in [1.29, 1.82) is 5.26 Å². The molecule has 0 aliphatic rings. The first-order valence-corrected chi connectivity index (χ1v) is 7.46. The zero-order valence-corrected chi connectivity index (χ0v) is 12.4. The van der Waals surface area contributed by atoms with Crippen molar-refractivity contribution in [1.82, 2.24) is 10.3 Å². The number of nitrogens with one attached hydrogen (secondary N) is 2. The second-order valence-electron chi connectivity index (χ2n) is 5.25. The van der Waals surface area contributed by atoms with Gasteiger partial charge >= 0.3 is 0 Å². The van der Waals surface area contributed by atoms with E-state index in [1.807, 2.05) is 25.3 Å². The molecule has 1 aromatic carbocycles. The fourth-order valence-electron chi connectivity index (χ4n) is 2.49. The van der Waals surface area contributed by atoms with Crippen LogP contribution in [0.4, 0.5) is 0 Å². The third-order valence-electron chi connectivity index (χ3n) is 3.72. The summed E-state index contributed by atoms with van der Waals surface area (Å²) >= 11 is 0. The first-order chi connectivity index (χ1) is 10.2. The van der Waals surface area contributed by atoms with Gasteiger partial charge in [-0.1, -0.05) is 25.1 Å². The fraction of sp³-hybridized carbons (Fsp3) is 0.412. The van der Waals surface area contributed by atoms with Gasteiger partial charge in [0, 0.05) is 29.6 Å². The van der Waals surface area contributed by atoms with Crippen LogP contribution in [0.5, 0.6) is 0 Å². The number of aryl methyl sites for hydroxylation is 1. The molecule has 1 unspecified atom stereocenters. The highest BCUT2D eigenvalue weighted by Gasteiger charge is 2.10. The minimum absolute atomic E-state index is 0.0180. The van der Waals surface area contributed by atoms with Crippen LogP contribution in [0.3, 0.4) is 0 Å². The van der Waals surface area contributed by atoms with Gasteiger partial charge in [0.1, 0.15) is 0 Å². The number of rotatable bonds is 7. The summed E-state index contributed by atoms with van der Waals surface area (Å²) in [5.74, 6) is 0.0388. The van der Waals surface area contributed by atoms with Crippen LogP contribution in [0.25, 0.3) is 10.9 Å². The van der Waals surface area contributed by atoms with Gasteiger partial charge in [0.25, 0.3) is 0 Å². The Morgan fingerprint density at radius 3 is 3.00 bits per heavy atom. The van der Waals surface area contributed by atoms with Gasteiger partial charge < -0.3 is 10.3 Å². The summed E-state index contributed by atoms with van der Waals surface area (Å²) in [6, 6.07) is 10.3. The largest absolute Gasteiger partial charge is 0.361 e. The molecule has 0 aliphatic carbocycles. The number of carbonyl (C=O) groups excluding carboxylic acids is 1. The van der Waals surface area contributed by atoms with Gasteiger partial charge in [-0.3, -0.25) is 4.79 Å². The van der Waals surface area contributed by atoms with Crippen molar-refractivity contribution in [2.24, 2.45) is 0 Å². The molecule has 1 atom stereocenters. The maximum Gasteiger partial charge on any atom is 0.220 e. The van der Waals surface area contributed by atoms with Crippen molar-refractivity contribution < 1.29 is 4.79 Å². The van der Waals surface area contributed by atoms with Gasteiger partial charge in [-0.25, -0.2) is 0 Å². The second kappa shape index (κ2) is 7.49.